The van der Waals surface area contributed by atoms with Gasteiger partial charge >= 0.3 is 0 Å². The van der Waals surface area contributed by atoms with Crippen LogP contribution < -0.4 is 0 Å². The van der Waals surface area contributed by atoms with Crippen LogP contribution >= 0.6 is 0 Å². The molecule has 2 nitrogen and oxygen atoms in total. The van der Waals surface area contributed by atoms with E-state index in [0.29, 0.717) is 17.8 Å². The van der Waals surface area contributed by atoms with E-state index in [1.54, 1.807) is 0 Å². The summed E-state index contributed by atoms with van der Waals surface area (Å²) in [5, 5.41) is 0. The molecule has 1 aliphatic carbocycles. The van der Waals surface area contributed by atoms with Crippen molar-refractivity contribution < 1.29 is 13.5 Å². The molecule has 94 valence electrons. The smallest absolute Gasteiger partial charge is 0.251 e. The summed E-state index contributed by atoms with van der Waals surface area (Å²) in [4.78, 5) is 1.88. The van der Waals surface area contributed by atoms with Gasteiger partial charge in [0.1, 0.15) is 0 Å². The second kappa shape index (κ2) is 4.22. The van der Waals surface area contributed by atoms with Gasteiger partial charge < -0.3 is 4.74 Å². The normalized spacial score (nSPS) is 34.5. The zero-order chi connectivity index (χ0) is 11.9. The summed E-state index contributed by atoms with van der Waals surface area (Å²) in [7, 11) is 0. The quantitative estimate of drug-likeness (QED) is 0.738. The Morgan fingerprint density at radius 3 is 2.25 bits per heavy atom. The predicted octanol–water partition coefficient (Wildman–Crippen LogP) is 2.24. The maximum Gasteiger partial charge on any atom is 0.251 e. The van der Waals surface area contributed by atoms with Gasteiger partial charge in [-0.05, 0) is 38.5 Å². The third kappa shape index (κ3) is 2.92. The molecule has 3 atom stereocenters. The molecule has 0 spiro atoms. The lowest BCUT2D eigenvalue weighted by Crippen LogP contribution is -2.31. The Morgan fingerprint density at radius 1 is 1.25 bits per heavy atom. The Morgan fingerprint density at radius 2 is 1.81 bits per heavy atom. The minimum absolute atomic E-state index is 0.0557. The van der Waals surface area contributed by atoms with Gasteiger partial charge in [-0.15, -0.1) is 0 Å². The number of piperidine rings is 1. The van der Waals surface area contributed by atoms with Crippen molar-refractivity contribution in [1.29, 1.82) is 0 Å². The van der Waals surface area contributed by atoms with E-state index in [9.17, 15) is 8.78 Å². The molecule has 2 fully saturated rings. The van der Waals surface area contributed by atoms with Crippen molar-refractivity contribution in [3.05, 3.63) is 0 Å². The molecule has 0 aromatic rings. The molecule has 0 radical (unpaired) electrons. The maximum atomic E-state index is 12.2. The molecule has 0 aromatic heterocycles. The highest BCUT2D eigenvalue weighted by atomic mass is 19.3. The van der Waals surface area contributed by atoms with Crippen LogP contribution in [0.3, 0.4) is 0 Å². The topological polar surface area (TPSA) is 12.5 Å². The van der Waals surface area contributed by atoms with Gasteiger partial charge in [0.05, 0.1) is 18.8 Å². The number of nitrogens with zero attached hydrogens (tertiary/aromatic N) is 1. The molecule has 1 saturated carbocycles. The van der Waals surface area contributed by atoms with Crippen LogP contribution in [0.25, 0.3) is 0 Å². The van der Waals surface area contributed by atoms with E-state index in [1.807, 2.05) is 25.7 Å². The van der Waals surface area contributed by atoms with E-state index in [2.05, 4.69) is 0 Å². The monoisotopic (exact) mass is 233 g/mol. The molecule has 1 heterocycles. The van der Waals surface area contributed by atoms with E-state index in [0.717, 1.165) is 19.7 Å². The first-order chi connectivity index (χ1) is 7.37. The molecular formula is C12H21F2NO. The van der Waals surface area contributed by atoms with Gasteiger partial charge in [0.2, 0.25) is 0 Å². The summed E-state index contributed by atoms with van der Waals surface area (Å²) < 4.78 is 30.1. The minimum Gasteiger partial charge on any atom is -0.376 e. The number of fused-ring (bicyclic) bond motifs is 1. The van der Waals surface area contributed by atoms with Gasteiger partial charge in [-0.25, -0.2) is 8.78 Å². The van der Waals surface area contributed by atoms with E-state index >= 15 is 0 Å². The zero-order valence-electron chi connectivity index (χ0n) is 10.2. The van der Waals surface area contributed by atoms with Crippen molar-refractivity contribution in [2.24, 2.45) is 17.8 Å². The van der Waals surface area contributed by atoms with Crippen LogP contribution in [0.5, 0.6) is 0 Å². The average molecular weight is 233 g/mol. The standard InChI is InChI=1S/C12H21F2NO/c1-12(2,3)16-7-10-8-4-15(5-9(8)10)6-11(13)14/h8-11H,4-7H2,1-3H3/t8-,9+,10+. The molecule has 16 heavy (non-hydrogen) atoms. The van der Waals surface area contributed by atoms with E-state index < -0.39 is 6.43 Å². The van der Waals surface area contributed by atoms with Gasteiger partial charge in [0, 0.05) is 13.1 Å². The summed E-state index contributed by atoms with van der Waals surface area (Å²) >= 11 is 0. The summed E-state index contributed by atoms with van der Waals surface area (Å²) in [6.45, 7) is 8.57. The van der Waals surface area contributed by atoms with Crippen LogP contribution in [-0.2, 0) is 4.74 Å². The third-order valence-electron chi connectivity index (χ3n) is 3.55. The van der Waals surface area contributed by atoms with E-state index in [4.69, 9.17) is 4.74 Å². The summed E-state index contributed by atoms with van der Waals surface area (Å²) in [5.74, 6) is 1.84. The largest absolute Gasteiger partial charge is 0.376 e. The molecule has 4 heteroatoms. The van der Waals surface area contributed by atoms with E-state index in [1.165, 1.54) is 0 Å². The van der Waals surface area contributed by atoms with Crippen molar-refractivity contribution >= 4 is 0 Å². The molecule has 0 unspecified atom stereocenters. The fourth-order valence-electron chi connectivity index (χ4n) is 2.67. The minimum atomic E-state index is -2.19. The summed E-state index contributed by atoms with van der Waals surface area (Å²) in [6.07, 6.45) is -2.19. The molecule has 0 aromatic carbocycles. The summed E-state index contributed by atoms with van der Waals surface area (Å²) in [5.41, 5.74) is -0.0838. The maximum absolute atomic E-state index is 12.2. The lowest BCUT2D eigenvalue weighted by atomic mass is 10.2. The highest BCUT2D eigenvalue weighted by molar-refractivity contribution is 5.05. The van der Waals surface area contributed by atoms with Crippen molar-refractivity contribution in [2.45, 2.75) is 32.8 Å². The van der Waals surface area contributed by atoms with Crippen molar-refractivity contribution in [1.82, 2.24) is 4.90 Å². The number of hydrogen-bond acceptors (Lipinski definition) is 2. The highest BCUT2D eigenvalue weighted by Gasteiger charge is 2.55. The Bertz CT molecular complexity index is 240. The Hall–Kier alpha value is -0.220. The predicted molar refractivity (Wildman–Crippen MR) is 58.6 cm³/mol. The lowest BCUT2D eigenvalue weighted by Gasteiger charge is -2.22. The zero-order valence-corrected chi connectivity index (χ0v) is 10.2. The van der Waals surface area contributed by atoms with Crippen LogP contribution in [-0.4, -0.2) is 43.2 Å². The number of alkyl halides is 2. The molecule has 0 N–H and O–H groups in total. The van der Waals surface area contributed by atoms with Crippen molar-refractivity contribution in [3.8, 4) is 0 Å². The van der Waals surface area contributed by atoms with Crippen molar-refractivity contribution in [3.63, 3.8) is 0 Å². The highest BCUT2D eigenvalue weighted by Crippen LogP contribution is 2.52. The number of rotatable bonds is 4. The van der Waals surface area contributed by atoms with Crippen LogP contribution in [0, 0.1) is 17.8 Å². The molecule has 2 rings (SSSR count). The van der Waals surface area contributed by atoms with Crippen LogP contribution in [0.1, 0.15) is 20.8 Å². The second-order valence-corrected chi connectivity index (χ2v) is 6.02. The molecule has 0 amide bonds. The average Bonchev–Trinajstić information content (AvgIpc) is 2.54. The Labute approximate surface area is 95.9 Å². The molecule has 0 bridgehead atoms. The Balaban J connectivity index is 1.67. The number of hydrogen-bond donors (Lipinski definition) is 0. The molecule has 1 saturated heterocycles. The second-order valence-electron chi connectivity index (χ2n) is 6.02. The fourth-order valence-corrected chi connectivity index (χ4v) is 2.67. The van der Waals surface area contributed by atoms with Crippen molar-refractivity contribution in [2.75, 3.05) is 26.2 Å². The molecular weight excluding hydrogens is 212 g/mol. The first kappa shape index (κ1) is 12.2. The first-order valence-corrected chi connectivity index (χ1v) is 6.01. The van der Waals surface area contributed by atoms with Gasteiger partial charge in [0.25, 0.3) is 6.43 Å². The summed E-state index contributed by atoms with van der Waals surface area (Å²) in [6, 6.07) is 0. The van der Waals surface area contributed by atoms with Gasteiger partial charge in [-0.1, -0.05) is 0 Å². The number of likely N-dealkylation sites (tertiary alicyclic amines) is 1. The van der Waals surface area contributed by atoms with Gasteiger partial charge in [0.15, 0.2) is 0 Å². The van der Waals surface area contributed by atoms with Gasteiger partial charge in [-0.3, -0.25) is 4.90 Å². The van der Waals surface area contributed by atoms with Crippen LogP contribution in [0.15, 0.2) is 0 Å². The van der Waals surface area contributed by atoms with Crippen LogP contribution in [0.2, 0.25) is 0 Å². The molecule has 1 aliphatic heterocycles. The van der Waals surface area contributed by atoms with Crippen LogP contribution in [0.4, 0.5) is 8.78 Å². The first-order valence-electron chi connectivity index (χ1n) is 6.01. The fraction of sp³-hybridized carbons (Fsp3) is 1.00. The third-order valence-corrected chi connectivity index (χ3v) is 3.55. The number of ether oxygens (including phenoxy) is 1. The van der Waals surface area contributed by atoms with Gasteiger partial charge in [-0.2, -0.15) is 0 Å². The van der Waals surface area contributed by atoms with E-state index in [-0.39, 0.29) is 12.1 Å². The Kier molecular flexibility index (Phi) is 3.23. The molecule has 2 aliphatic rings. The SMILES string of the molecule is CC(C)(C)OC[C@@H]1[C@H]2CN(CC(F)F)C[C@@H]12. The number of halogens is 2. The lowest BCUT2D eigenvalue weighted by molar-refractivity contribution is -0.0154.